The lowest BCUT2D eigenvalue weighted by Gasteiger charge is -2.11. The van der Waals surface area contributed by atoms with Crippen molar-refractivity contribution >= 4 is 71.5 Å². The van der Waals surface area contributed by atoms with Gasteiger partial charge in [0.25, 0.3) is 0 Å². The van der Waals surface area contributed by atoms with Crippen LogP contribution >= 0.6 is 0 Å². The summed E-state index contributed by atoms with van der Waals surface area (Å²) in [5.41, 5.74) is 8.82. The third-order valence-electron chi connectivity index (χ3n) is 9.89. The van der Waals surface area contributed by atoms with Gasteiger partial charge in [-0.3, -0.25) is 0 Å². The Kier molecular flexibility index (Phi) is 6.56. The maximum atomic E-state index is 6.57. The average Bonchev–Trinajstić information content (AvgIpc) is 3.41. The van der Waals surface area contributed by atoms with Crippen LogP contribution in [0.1, 0.15) is 23.1 Å². The standard InChI is InChI=1S/C47H30N2O/c1-4-12-33-25-36(20-17-30(33)9-1)39-28-41(46-40-15-7-8-16-44(40)50-45(46)29-39)47-48-42(37-21-18-31-10-2-5-13-34(31)26-37)23-24-43(49-47)38-22-19-32-11-3-6-14-35(32)27-38/h1-23,25-29H,24H2. The van der Waals surface area contributed by atoms with Gasteiger partial charge in [0.15, 0.2) is 5.84 Å². The van der Waals surface area contributed by atoms with E-state index in [1.54, 1.807) is 0 Å². The van der Waals surface area contributed by atoms with Gasteiger partial charge in [-0.1, -0.05) is 133 Å². The maximum Gasteiger partial charge on any atom is 0.160 e. The second-order valence-electron chi connectivity index (χ2n) is 13.0. The number of nitrogens with zero attached hydrogens (tertiary/aromatic N) is 2. The molecule has 0 aliphatic carbocycles. The van der Waals surface area contributed by atoms with Gasteiger partial charge in [-0.25, -0.2) is 9.98 Å². The molecule has 0 atom stereocenters. The van der Waals surface area contributed by atoms with Gasteiger partial charge in [-0.05, 0) is 85.4 Å². The lowest BCUT2D eigenvalue weighted by Crippen LogP contribution is -2.06. The minimum absolute atomic E-state index is 0.646. The van der Waals surface area contributed by atoms with E-state index in [0.717, 1.165) is 61.2 Å². The van der Waals surface area contributed by atoms with E-state index in [9.17, 15) is 0 Å². The molecule has 0 amide bonds. The van der Waals surface area contributed by atoms with Crippen LogP contribution in [-0.4, -0.2) is 11.5 Å². The van der Waals surface area contributed by atoms with Crippen LogP contribution in [-0.2, 0) is 0 Å². The Bertz CT molecular complexity index is 2900. The van der Waals surface area contributed by atoms with Crippen molar-refractivity contribution in [3.63, 3.8) is 0 Å². The molecule has 0 bridgehead atoms. The number of allylic oxidation sites excluding steroid dienone is 1. The molecular formula is C47H30N2O. The van der Waals surface area contributed by atoms with E-state index < -0.39 is 0 Å². The number of furan rings is 1. The van der Waals surface area contributed by atoms with Gasteiger partial charge in [0.1, 0.15) is 11.2 Å². The maximum absolute atomic E-state index is 6.57. The topological polar surface area (TPSA) is 37.9 Å². The van der Waals surface area contributed by atoms with Crippen molar-refractivity contribution < 1.29 is 4.42 Å². The lowest BCUT2D eigenvalue weighted by molar-refractivity contribution is 0.669. The summed E-state index contributed by atoms with van der Waals surface area (Å²) in [7, 11) is 0. The molecule has 0 saturated carbocycles. The fourth-order valence-corrected chi connectivity index (χ4v) is 7.32. The molecule has 0 N–H and O–H groups in total. The zero-order valence-electron chi connectivity index (χ0n) is 27.2. The monoisotopic (exact) mass is 638 g/mol. The normalized spacial score (nSPS) is 13.5. The fraction of sp³-hybridized carbons (Fsp3) is 0.0213. The van der Waals surface area contributed by atoms with Crippen molar-refractivity contribution in [2.75, 3.05) is 0 Å². The summed E-state index contributed by atoms with van der Waals surface area (Å²) in [4.78, 5) is 10.9. The van der Waals surface area contributed by atoms with Crippen molar-refractivity contribution in [3.05, 3.63) is 187 Å². The summed E-state index contributed by atoms with van der Waals surface area (Å²) in [6, 6.07) is 57.9. The second kappa shape index (κ2) is 11.5. The smallest absolute Gasteiger partial charge is 0.160 e. The highest BCUT2D eigenvalue weighted by atomic mass is 16.3. The van der Waals surface area contributed by atoms with Crippen LogP contribution in [0.5, 0.6) is 0 Å². The first-order chi connectivity index (χ1) is 24.7. The van der Waals surface area contributed by atoms with E-state index in [4.69, 9.17) is 14.4 Å². The Morgan fingerprint density at radius 1 is 0.420 bits per heavy atom. The highest BCUT2D eigenvalue weighted by Crippen LogP contribution is 2.38. The molecule has 3 heteroatoms. The van der Waals surface area contributed by atoms with Crippen LogP contribution < -0.4 is 0 Å². The highest BCUT2D eigenvalue weighted by molar-refractivity contribution is 6.24. The van der Waals surface area contributed by atoms with Gasteiger partial charge in [-0.15, -0.1) is 0 Å². The van der Waals surface area contributed by atoms with Crippen molar-refractivity contribution in [2.24, 2.45) is 9.98 Å². The molecule has 3 nitrogen and oxygen atoms in total. The Morgan fingerprint density at radius 3 is 1.68 bits per heavy atom. The molecule has 1 aromatic heterocycles. The Balaban J connectivity index is 1.23. The fourth-order valence-electron chi connectivity index (χ4n) is 7.32. The molecule has 1 aliphatic rings. The van der Waals surface area contributed by atoms with Gasteiger partial charge in [0.2, 0.25) is 0 Å². The zero-order chi connectivity index (χ0) is 33.0. The zero-order valence-corrected chi connectivity index (χ0v) is 27.2. The summed E-state index contributed by atoms with van der Waals surface area (Å²) in [6.07, 6.45) is 2.87. The summed E-state index contributed by atoms with van der Waals surface area (Å²) in [6.45, 7) is 0. The first kappa shape index (κ1) is 28.4. The van der Waals surface area contributed by atoms with Crippen LogP contribution in [0.2, 0.25) is 0 Å². The summed E-state index contributed by atoms with van der Waals surface area (Å²) >= 11 is 0. The molecule has 10 rings (SSSR count). The third kappa shape index (κ3) is 4.91. The van der Waals surface area contributed by atoms with E-state index in [1.165, 1.54) is 32.3 Å². The van der Waals surface area contributed by atoms with Crippen LogP contribution in [0.3, 0.4) is 0 Å². The van der Waals surface area contributed by atoms with Crippen LogP contribution in [0.4, 0.5) is 0 Å². The first-order valence-corrected chi connectivity index (χ1v) is 17.0. The number of hydrogen-bond donors (Lipinski definition) is 0. The van der Waals surface area contributed by atoms with E-state index in [1.807, 2.05) is 12.1 Å². The van der Waals surface area contributed by atoms with E-state index >= 15 is 0 Å². The first-order valence-electron chi connectivity index (χ1n) is 17.0. The Morgan fingerprint density at radius 2 is 0.980 bits per heavy atom. The van der Waals surface area contributed by atoms with Gasteiger partial charge in [-0.2, -0.15) is 0 Å². The molecule has 0 fully saturated rings. The van der Waals surface area contributed by atoms with E-state index in [2.05, 4.69) is 158 Å². The molecule has 0 spiro atoms. The number of para-hydroxylation sites is 1. The van der Waals surface area contributed by atoms with Crippen molar-refractivity contribution in [3.8, 4) is 11.1 Å². The molecule has 0 saturated heterocycles. The average molecular weight is 639 g/mol. The minimum atomic E-state index is 0.646. The predicted molar refractivity (Wildman–Crippen MR) is 210 cm³/mol. The van der Waals surface area contributed by atoms with Gasteiger partial charge in [0.05, 0.1) is 11.4 Å². The van der Waals surface area contributed by atoms with Gasteiger partial charge < -0.3 is 4.42 Å². The third-order valence-corrected chi connectivity index (χ3v) is 9.89. The number of fused-ring (bicyclic) bond motifs is 6. The van der Waals surface area contributed by atoms with E-state index in [-0.39, 0.29) is 0 Å². The summed E-state index contributed by atoms with van der Waals surface area (Å²) in [5, 5.41) is 9.27. The molecule has 9 aromatic rings. The molecule has 8 aromatic carbocycles. The Labute approximate surface area is 289 Å². The number of rotatable bonds is 4. The largest absolute Gasteiger partial charge is 0.456 e. The van der Waals surface area contributed by atoms with Gasteiger partial charge in [0, 0.05) is 28.3 Å². The quantitative estimate of drug-likeness (QED) is 0.189. The van der Waals surface area contributed by atoms with Crippen LogP contribution in [0, 0.1) is 0 Å². The predicted octanol–water partition coefficient (Wildman–Crippen LogP) is 12.4. The Hall–Kier alpha value is -6.58. The molecule has 0 radical (unpaired) electrons. The molecule has 234 valence electrons. The number of amidine groups is 1. The van der Waals surface area contributed by atoms with Crippen molar-refractivity contribution in [2.45, 2.75) is 6.42 Å². The SMILES string of the molecule is C1=C(c2ccc3ccccc3c2)N=C(c2cc(-c3ccc4ccccc4c3)cc3oc4ccccc4c23)N=C(c2ccc3ccccc3c2)C1. The van der Waals surface area contributed by atoms with Crippen LogP contribution in [0.15, 0.2) is 184 Å². The minimum Gasteiger partial charge on any atom is -0.456 e. The molecular weight excluding hydrogens is 609 g/mol. The molecule has 50 heavy (non-hydrogen) atoms. The molecule has 0 unspecified atom stereocenters. The highest BCUT2D eigenvalue weighted by Gasteiger charge is 2.21. The van der Waals surface area contributed by atoms with Gasteiger partial charge >= 0.3 is 0 Å². The molecule has 1 aliphatic heterocycles. The number of aliphatic imine (C=N–C) groups is 2. The molecule has 2 heterocycles. The number of hydrogen-bond acceptors (Lipinski definition) is 3. The second-order valence-corrected chi connectivity index (χ2v) is 13.0. The number of benzene rings is 8. The van der Waals surface area contributed by atoms with Crippen molar-refractivity contribution in [1.29, 1.82) is 0 Å². The summed E-state index contributed by atoms with van der Waals surface area (Å²) in [5.74, 6) is 0.671. The van der Waals surface area contributed by atoms with E-state index in [0.29, 0.717) is 12.3 Å². The van der Waals surface area contributed by atoms with Crippen LogP contribution in [0.25, 0.3) is 71.1 Å². The summed E-state index contributed by atoms with van der Waals surface area (Å²) < 4.78 is 6.57. The van der Waals surface area contributed by atoms with Crippen molar-refractivity contribution in [1.82, 2.24) is 0 Å². The lowest BCUT2D eigenvalue weighted by atomic mass is 9.96.